The first-order chi connectivity index (χ1) is 12.1. The minimum atomic E-state index is -4.97. The normalized spacial score (nSPS) is 18.2. The molecule has 0 saturated carbocycles. The molecule has 0 aromatic carbocycles. The highest BCUT2D eigenvalue weighted by atomic mass is 19.4. The van der Waals surface area contributed by atoms with Gasteiger partial charge in [0.2, 0.25) is 0 Å². The number of rotatable bonds is 5. The Morgan fingerprint density at radius 1 is 1.15 bits per heavy atom. The highest BCUT2D eigenvalue weighted by molar-refractivity contribution is 6.03. The van der Waals surface area contributed by atoms with Crippen LogP contribution in [0.2, 0.25) is 0 Å². The number of hydrogen-bond acceptors (Lipinski definition) is 5. The maximum atomic E-state index is 12.8. The van der Waals surface area contributed by atoms with Crippen molar-refractivity contribution in [1.82, 2.24) is 16.0 Å². The van der Waals surface area contributed by atoms with E-state index in [1.807, 2.05) is 0 Å². The lowest BCUT2D eigenvalue weighted by molar-refractivity contribution is -0.166. The first-order valence-corrected chi connectivity index (χ1v) is 8.54. The Hall–Kier alpha value is -2.03. The number of carbonyl (C=O) groups excluding carboxylic acids is 2. The van der Waals surface area contributed by atoms with E-state index in [4.69, 9.17) is 4.74 Å². The quantitative estimate of drug-likeness (QED) is 0.629. The third kappa shape index (κ3) is 7.62. The number of dihydropyridines is 1. The number of ether oxygens (including phenoxy) is 1. The van der Waals surface area contributed by atoms with E-state index in [2.05, 4.69) is 22.2 Å². The summed E-state index contributed by atoms with van der Waals surface area (Å²) in [6.07, 6.45) is -2.15. The van der Waals surface area contributed by atoms with E-state index in [0.717, 1.165) is 0 Å². The number of carbonyl (C=O) groups is 2. The van der Waals surface area contributed by atoms with E-state index in [-0.39, 0.29) is 12.1 Å². The molecule has 6 nitrogen and oxygen atoms in total. The molecular formula is C18H27F3N3O3. The van der Waals surface area contributed by atoms with Crippen LogP contribution >= 0.6 is 0 Å². The van der Waals surface area contributed by atoms with Crippen LogP contribution in [0.4, 0.5) is 18.0 Å². The van der Waals surface area contributed by atoms with E-state index in [1.165, 1.54) is 6.08 Å². The summed E-state index contributed by atoms with van der Waals surface area (Å²) in [4.78, 5) is 23.2. The summed E-state index contributed by atoms with van der Waals surface area (Å²) in [6.45, 7) is 11.0. The van der Waals surface area contributed by atoms with Gasteiger partial charge in [-0.25, -0.2) is 4.79 Å². The summed E-state index contributed by atoms with van der Waals surface area (Å²) in [5.74, 6) is -1.93. The van der Waals surface area contributed by atoms with Gasteiger partial charge < -0.3 is 15.4 Å². The van der Waals surface area contributed by atoms with Crippen molar-refractivity contribution in [3.8, 4) is 0 Å². The van der Waals surface area contributed by atoms with Crippen LogP contribution in [-0.4, -0.2) is 42.9 Å². The number of hydrogen-bond donors (Lipinski definition) is 3. The smallest absolute Gasteiger partial charge is 0.444 e. The van der Waals surface area contributed by atoms with Crippen LogP contribution in [0.1, 0.15) is 41.5 Å². The SMILES string of the molecule is CC(C)(C)OC(=O)NCCNC1C=C(C(C)(C)C)C(C(=O)C(F)(F)F)=[C]N1. The molecule has 1 amide bonds. The number of allylic oxidation sites excluding steroid dienone is 2. The molecule has 1 unspecified atom stereocenters. The molecule has 27 heavy (non-hydrogen) atoms. The predicted molar refractivity (Wildman–Crippen MR) is 94.5 cm³/mol. The Kier molecular flexibility index (Phi) is 7.10. The molecule has 1 heterocycles. The summed E-state index contributed by atoms with van der Waals surface area (Å²) in [6, 6.07) is 0. The molecule has 9 heteroatoms. The zero-order valence-corrected chi connectivity index (χ0v) is 16.4. The fourth-order valence-corrected chi connectivity index (χ4v) is 2.27. The van der Waals surface area contributed by atoms with Crippen molar-refractivity contribution in [2.24, 2.45) is 5.41 Å². The first-order valence-electron chi connectivity index (χ1n) is 8.54. The van der Waals surface area contributed by atoms with Crippen LogP contribution in [-0.2, 0) is 9.53 Å². The van der Waals surface area contributed by atoms with Gasteiger partial charge in [-0.2, -0.15) is 13.2 Å². The average Bonchev–Trinajstić information content (AvgIpc) is 2.47. The van der Waals surface area contributed by atoms with Crippen LogP contribution in [0, 0.1) is 11.6 Å². The van der Waals surface area contributed by atoms with E-state index >= 15 is 0 Å². The van der Waals surface area contributed by atoms with E-state index in [9.17, 15) is 22.8 Å². The first kappa shape index (κ1) is 23.0. The number of alkyl halides is 3. The minimum absolute atomic E-state index is 0.251. The zero-order valence-electron chi connectivity index (χ0n) is 16.4. The maximum absolute atomic E-state index is 12.8. The molecule has 1 aliphatic heterocycles. The summed E-state index contributed by atoms with van der Waals surface area (Å²) < 4.78 is 43.5. The van der Waals surface area contributed by atoms with Crippen LogP contribution < -0.4 is 16.0 Å². The van der Waals surface area contributed by atoms with Gasteiger partial charge in [0.25, 0.3) is 5.78 Å². The number of Topliss-reactive ketones (excluding diaryl/α,β-unsaturated/α-hetero) is 1. The third-order valence-electron chi connectivity index (χ3n) is 3.41. The highest BCUT2D eigenvalue weighted by Crippen LogP contribution is 2.36. The van der Waals surface area contributed by atoms with Crippen LogP contribution in [0.3, 0.4) is 0 Å². The molecule has 1 atom stereocenters. The topological polar surface area (TPSA) is 79.5 Å². The summed E-state index contributed by atoms with van der Waals surface area (Å²) in [5.41, 5.74) is -1.55. The van der Waals surface area contributed by atoms with Gasteiger partial charge >= 0.3 is 12.3 Å². The number of amides is 1. The molecule has 153 valence electrons. The van der Waals surface area contributed by atoms with Gasteiger partial charge in [-0.05, 0) is 37.8 Å². The van der Waals surface area contributed by atoms with E-state index < -0.39 is 40.8 Å². The fraction of sp³-hybridized carbons (Fsp3) is 0.667. The lowest BCUT2D eigenvalue weighted by atomic mass is 9.79. The molecule has 1 rings (SSSR count). The van der Waals surface area contributed by atoms with Gasteiger partial charge in [0, 0.05) is 13.1 Å². The maximum Gasteiger partial charge on any atom is 0.454 e. The van der Waals surface area contributed by atoms with Crippen LogP contribution in [0.5, 0.6) is 0 Å². The molecule has 1 radical (unpaired) electrons. The van der Waals surface area contributed by atoms with E-state index in [1.54, 1.807) is 41.5 Å². The average molecular weight is 390 g/mol. The molecule has 1 aliphatic rings. The van der Waals surface area contributed by atoms with Crippen molar-refractivity contribution < 1.29 is 27.5 Å². The molecule has 0 spiro atoms. The lowest BCUT2D eigenvalue weighted by Crippen LogP contribution is -2.46. The molecule has 0 saturated heterocycles. The Morgan fingerprint density at radius 3 is 2.22 bits per heavy atom. The molecule has 0 bridgehead atoms. The Labute approximate surface area is 157 Å². The fourth-order valence-electron chi connectivity index (χ4n) is 2.27. The van der Waals surface area contributed by atoms with Gasteiger partial charge in [0.15, 0.2) is 0 Å². The standard InChI is InChI=1S/C18H27F3N3O3/c1-16(2,3)12-9-13(24-10-11(12)14(25)18(19,20)21)22-7-8-23-15(26)27-17(4,5)6/h9,13,22,24H,7-8H2,1-6H3,(H,23,26). The lowest BCUT2D eigenvalue weighted by Gasteiger charge is -2.31. The van der Waals surface area contributed by atoms with Gasteiger partial charge in [-0.3, -0.25) is 10.1 Å². The van der Waals surface area contributed by atoms with Gasteiger partial charge in [-0.15, -0.1) is 0 Å². The number of ketones is 1. The van der Waals surface area contributed by atoms with Gasteiger partial charge in [-0.1, -0.05) is 20.8 Å². The second-order valence-corrected chi connectivity index (χ2v) is 8.16. The Morgan fingerprint density at radius 2 is 1.74 bits per heavy atom. The number of alkyl carbamates (subject to hydrolysis) is 1. The molecule has 0 aromatic heterocycles. The summed E-state index contributed by atoms with van der Waals surface area (Å²) in [5, 5.41) is 8.19. The monoisotopic (exact) mass is 390 g/mol. The van der Waals surface area contributed by atoms with Gasteiger partial charge in [0.1, 0.15) is 5.60 Å². The van der Waals surface area contributed by atoms with Crippen molar-refractivity contribution in [2.45, 2.75) is 59.5 Å². The Balaban J connectivity index is 2.68. The third-order valence-corrected chi connectivity index (χ3v) is 3.41. The van der Waals surface area contributed by atoms with Crippen molar-refractivity contribution in [2.75, 3.05) is 13.1 Å². The van der Waals surface area contributed by atoms with Crippen molar-refractivity contribution in [1.29, 1.82) is 0 Å². The summed E-state index contributed by atoms with van der Waals surface area (Å²) in [7, 11) is 0. The van der Waals surface area contributed by atoms with Crippen LogP contribution in [0.15, 0.2) is 17.2 Å². The number of halogens is 3. The number of nitrogens with one attached hydrogen (secondary N) is 3. The van der Waals surface area contributed by atoms with Crippen molar-refractivity contribution in [3.05, 3.63) is 23.4 Å². The zero-order chi connectivity index (χ0) is 21.0. The Bertz CT molecular complexity index is 626. The highest BCUT2D eigenvalue weighted by Gasteiger charge is 2.44. The molecule has 0 fully saturated rings. The molecule has 3 N–H and O–H groups in total. The van der Waals surface area contributed by atoms with Crippen LogP contribution in [0.25, 0.3) is 0 Å². The minimum Gasteiger partial charge on any atom is -0.444 e. The molecular weight excluding hydrogens is 363 g/mol. The predicted octanol–water partition coefficient (Wildman–Crippen LogP) is 2.82. The van der Waals surface area contributed by atoms with Crippen molar-refractivity contribution in [3.63, 3.8) is 0 Å². The van der Waals surface area contributed by atoms with E-state index in [0.29, 0.717) is 6.54 Å². The second-order valence-electron chi connectivity index (χ2n) is 8.16. The largest absolute Gasteiger partial charge is 0.454 e. The second kappa shape index (κ2) is 8.33. The van der Waals surface area contributed by atoms with Crippen molar-refractivity contribution >= 4 is 11.9 Å². The molecule has 0 aliphatic carbocycles. The van der Waals surface area contributed by atoms with Gasteiger partial charge in [0.05, 0.1) is 17.9 Å². The summed E-state index contributed by atoms with van der Waals surface area (Å²) >= 11 is 0. The molecule has 0 aromatic rings.